The predicted octanol–water partition coefficient (Wildman–Crippen LogP) is 3.61. The van der Waals surface area contributed by atoms with E-state index in [0.29, 0.717) is 38.0 Å². The molecule has 7 nitrogen and oxygen atoms in total. The van der Waals surface area contributed by atoms with Crippen LogP contribution in [0, 0.1) is 12.7 Å². The normalized spacial score (nSPS) is 18.2. The van der Waals surface area contributed by atoms with Crippen molar-refractivity contribution in [1.29, 1.82) is 0 Å². The Morgan fingerprint density at radius 3 is 2.85 bits per heavy atom. The first-order chi connectivity index (χ1) is 16.1. The molecule has 0 spiro atoms. The number of aryl methyl sites for hydroxylation is 2. The van der Waals surface area contributed by atoms with Crippen LogP contribution < -0.4 is 5.32 Å². The third-order valence-electron chi connectivity index (χ3n) is 6.45. The molecule has 5 rings (SSSR count). The van der Waals surface area contributed by atoms with Crippen LogP contribution in [0.1, 0.15) is 41.1 Å². The lowest BCUT2D eigenvalue weighted by Crippen LogP contribution is -2.34. The van der Waals surface area contributed by atoms with Crippen LogP contribution in [0.3, 0.4) is 0 Å². The standard InChI is InChI=1S/C25H30FN5O2/c1-17-4-3-5-20(29-17)14-31-16-33-15-25-22(13-28-31)21-11-23(26)18(10-24(21)30(25)2)12-27-19-6-8-32-9-7-19/h3-5,10-11,13,19,27H,6-9,12,14-16H2,1-2H3/b28-13-. The molecule has 4 heterocycles. The van der Waals surface area contributed by atoms with Crippen LogP contribution >= 0.6 is 0 Å². The first-order valence-electron chi connectivity index (χ1n) is 11.5. The summed E-state index contributed by atoms with van der Waals surface area (Å²) in [6.45, 7) is 5.35. The van der Waals surface area contributed by atoms with Crippen LogP contribution in [-0.2, 0) is 36.2 Å². The Morgan fingerprint density at radius 2 is 2.03 bits per heavy atom. The van der Waals surface area contributed by atoms with E-state index in [1.807, 2.05) is 49.5 Å². The fourth-order valence-corrected chi connectivity index (χ4v) is 4.57. The molecule has 1 saturated heterocycles. The molecule has 0 aliphatic carbocycles. The van der Waals surface area contributed by atoms with Gasteiger partial charge in [-0.1, -0.05) is 6.07 Å². The molecule has 1 fully saturated rings. The molecule has 0 unspecified atom stereocenters. The van der Waals surface area contributed by atoms with Gasteiger partial charge in [0.2, 0.25) is 0 Å². The van der Waals surface area contributed by atoms with Crippen LogP contribution in [0.25, 0.3) is 10.9 Å². The molecule has 174 valence electrons. The molecule has 2 aliphatic rings. The smallest absolute Gasteiger partial charge is 0.135 e. The molecule has 2 aromatic heterocycles. The average Bonchev–Trinajstić information content (AvgIpc) is 3.04. The fourth-order valence-electron chi connectivity index (χ4n) is 4.57. The molecule has 2 aliphatic heterocycles. The van der Waals surface area contributed by atoms with Gasteiger partial charge < -0.3 is 19.4 Å². The van der Waals surface area contributed by atoms with Gasteiger partial charge >= 0.3 is 0 Å². The second kappa shape index (κ2) is 9.59. The minimum absolute atomic E-state index is 0.201. The number of hydrogen-bond donors (Lipinski definition) is 1. The number of hydrazone groups is 1. The fraction of sp³-hybridized carbons (Fsp3) is 0.440. The number of nitrogens with zero attached hydrogens (tertiary/aromatic N) is 4. The molecule has 0 bridgehead atoms. The van der Waals surface area contributed by atoms with Crippen molar-refractivity contribution in [3.8, 4) is 0 Å². The summed E-state index contributed by atoms with van der Waals surface area (Å²) in [6.07, 6.45) is 3.75. The monoisotopic (exact) mass is 451 g/mol. The summed E-state index contributed by atoms with van der Waals surface area (Å²) in [5.41, 5.74) is 5.45. The number of rotatable bonds is 5. The zero-order valence-corrected chi connectivity index (χ0v) is 19.2. The third-order valence-corrected chi connectivity index (χ3v) is 6.45. The molecule has 33 heavy (non-hydrogen) atoms. The van der Waals surface area contributed by atoms with Crippen molar-refractivity contribution in [3.05, 3.63) is 64.4 Å². The van der Waals surface area contributed by atoms with Crippen LogP contribution in [-0.4, -0.2) is 46.8 Å². The summed E-state index contributed by atoms with van der Waals surface area (Å²) in [5.74, 6) is -0.201. The second-order valence-corrected chi connectivity index (χ2v) is 8.80. The van der Waals surface area contributed by atoms with E-state index in [9.17, 15) is 0 Å². The van der Waals surface area contributed by atoms with E-state index in [2.05, 4.69) is 20.0 Å². The molecule has 1 aromatic carbocycles. The lowest BCUT2D eigenvalue weighted by Gasteiger charge is -2.23. The van der Waals surface area contributed by atoms with Crippen LogP contribution in [0.4, 0.5) is 4.39 Å². The molecule has 0 atom stereocenters. The summed E-state index contributed by atoms with van der Waals surface area (Å²) in [6, 6.07) is 9.90. The number of aromatic nitrogens is 2. The Balaban J connectivity index is 1.40. The van der Waals surface area contributed by atoms with Gasteiger partial charge in [-0.3, -0.25) is 9.99 Å². The van der Waals surface area contributed by atoms with Gasteiger partial charge in [0.25, 0.3) is 0 Å². The Labute approximate surface area is 193 Å². The lowest BCUT2D eigenvalue weighted by atomic mass is 10.1. The van der Waals surface area contributed by atoms with Crippen LogP contribution in [0.2, 0.25) is 0 Å². The number of pyridine rings is 1. The quantitative estimate of drug-likeness (QED) is 0.642. The van der Waals surface area contributed by atoms with Crippen molar-refractivity contribution in [2.45, 2.75) is 45.5 Å². The molecular formula is C25H30FN5O2. The van der Waals surface area contributed by atoms with E-state index in [1.165, 1.54) is 0 Å². The van der Waals surface area contributed by atoms with Crippen LogP contribution in [0.5, 0.6) is 0 Å². The van der Waals surface area contributed by atoms with Crippen molar-refractivity contribution in [1.82, 2.24) is 19.9 Å². The van der Waals surface area contributed by atoms with Crippen molar-refractivity contribution in [3.63, 3.8) is 0 Å². The number of fused-ring (bicyclic) bond motifs is 3. The summed E-state index contributed by atoms with van der Waals surface area (Å²) < 4.78 is 28.5. The zero-order chi connectivity index (χ0) is 22.8. The number of nitrogens with one attached hydrogen (secondary N) is 1. The Morgan fingerprint density at radius 1 is 1.18 bits per heavy atom. The first-order valence-corrected chi connectivity index (χ1v) is 11.5. The van der Waals surface area contributed by atoms with Gasteiger partial charge in [-0.05, 0) is 44.0 Å². The van der Waals surface area contributed by atoms with Gasteiger partial charge in [0.05, 0.1) is 30.8 Å². The van der Waals surface area contributed by atoms with Crippen molar-refractivity contribution >= 4 is 17.1 Å². The third kappa shape index (κ3) is 4.78. The molecular weight excluding hydrogens is 421 g/mol. The summed E-state index contributed by atoms with van der Waals surface area (Å²) >= 11 is 0. The van der Waals surface area contributed by atoms with E-state index in [-0.39, 0.29) is 5.82 Å². The molecule has 1 N–H and O–H groups in total. The average molecular weight is 452 g/mol. The number of hydrogen-bond acceptors (Lipinski definition) is 6. The first kappa shape index (κ1) is 22.0. The minimum atomic E-state index is -0.201. The number of ether oxygens (including phenoxy) is 2. The zero-order valence-electron chi connectivity index (χ0n) is 19.2. The van der Waals surface area contributed by atoms with Crippen molar-refractivity contribution in [2.75, 3.05) is 19.9 Å². The molecule has 0 saturated carbocycles. The topological polar surface area (TPSA) is 63.9 Å². The molecule has 3 aromatic rings. The highest BCUT2D eigenvalue weighted by atomic mass is 19.1. The summed E-state index contributed by atoms with van der Waals surface area (Å²) in [4.78, 5) is 4.55. The van der Waals surface area contributed by atoms with Crippen LogP contribution in [0.15, 0.2) is 35.4 Å². The van der Waals surface area contributed by atoms with Gasteiger partial charge in [0.15, 0.2) is 0 Å². The van der Waals surface area contributed by atoms with Gasteiger partial charge in [0.1, 0.15) is 12.5 Å². The van der Waals surface area contributed by atoms with E-state index in [4.69, 9.17) is 9.47 Å². The minimum Gasteiger partial charge on any atom is -0.381 e. The Bertz CT molecular complexity index is 1170. The maximum Gasteiger partial charge on any atom is 0.135 e. The van der Waals surface area contributed by atoms with E-state index >= 15 is 4.39 Å². The second-order valence-electron chi connectivity index (χ2n) is 8.80. The highest BCUT2D eigenvalue weighted by Gasteiger charge is 2.20. The SMILES string of the molecule is Cc1cccc(CN2COCc3c(c4cc(F)c(CNC5CCOCC5)cc4n3C)/C=N\2)n1. The Hall–Kier alpha value is -2.81. The molecule has 0 radical (unpaired) electrons. The summed E-state index contributed by atoms with van der Waals surface area (Å²) in [5, 5.41) is 10.8. The highest BCUT2D eigenvalue weighted by molar-refractivity contribution is 6.01. The van der Waals surface area contributed by atoms with Gasteiger partial charge in [-0.25, -0.2) is 4.39 Å². The number of benzene rings is 1. The number of halogens is 1. The van der Waals surface area contributed by atoms with E-state index in [1.54, 1.807) is 6.07 Å². The molecule has 8 heteroatoms. The predicted molar refractivity (Wildman–Crippen MR) is 125 cm³/mol. The molecule has 0 amide bonds. The van der Waals surface area contributed by atoms with Gasteiger partial charge in [-0.15, -0.1) is 0 Å². The Kier molecular flexibility index (Phi) is 6.39. The van der Waals surface area contributed by atoms with E-state index < -0.39 is 0 Å². The summed E-state index contributed by atoms with van der Waals surface area (Å²) in [7, 11) is 2.00. The maximum absolute atomic E-state index is 15.1. The maximum atomic E-state index is 15.1. The van der Waals surface area contributed by atoms with Crippen molar-refractivity contribution < 1.29 is 13.9 Å². The van der Waals surface area contributed by atoms with Gasteiger partial charge in [-0.2, -0.15) is 5.10 Å². The largest absolute Gasteiger partial charge is 0.381 e. The van der Waals surface area contributed by atoms with Crippen molar-refractivity contribution in [2.24, 2.45) is 12.1 Å². The highest BCUT2D eigenvalue weighted by Crippen LogP contribution is 2.29. The van der Waals surface area contributed by atoms with E-state index in [0.717, 1.165) is 59.6 Å². The lowest BCUT2D eigenvalue weighted by molar-refractivity contribution is 0.0118. The van der Waals surface area contributed by atoms with Gasteiger partial charge in [0, 0.05) is 60.6 Å².